The Hall–Kier alpha value is -0.0800. The molecule has 46 valence electrons. The summed E-state index contributed by atoms with van der Waals surface area (Å²) < 4.78 is 8.79. The number of hydrogen-bond acceptors (Lipinski definition) is 2. The van der Waals surface area contributed by atoms with Crippen LogP contribution in [-0.2, 0) is 9.47 Å². The van der Waals surface area contributed by atoms with Gasteiger partial charge in [-0.3, -0.25) is 0 Å². The summed E-state index contributed by atoms with van der Waals surface area (Å²) >= 11 is 0. The zero-order valence-corrected chi connectivity index (χ0v) is 5.52. The first-order chi connectivity index (χ1) is 3.33. The van der Waals surface area contributed by atoms with Crippen molar-refractivity contribution in [3.8, 4) is 0 Å². The minimum absolute atomic E-state index is 0.819. The molecule has 0 fully saturated rings. The van der Waals surface area contributed by atoms with Crippen LogP contribution in [0.2, 0.25) is 0 Å². The van der Waals surface area contributed by atoms with Crippen LogP contribution < -0.4 is 0 Å². The number of methoxy groups -OCH3 is 2. The molecule has 0 aromatic carbocycles. The molecule has 0 rings (SSSR count). The average molecular weight is 106 g/mol. The molecular formula is C5H14O2. The Morgan fingerprint density at radius 3 is 1.29 bits per heavy atom. The van der Waals surface area contributed by atoms with Crippen LogP contribution >= 0.6 is 0 Å². The van der Waals surface area contributed by atoms with E-state index in [0.717, 1.165) is 6.61 Å². The Morgan fingerprint density at radius 1 is 1.14 bits per heavy atom. The largest absolute Gasteiger partial charge is 0.388 e. The van der Waals surface area contributed by atoms with E-state index in [1.165, 1.54) is 0 Å². The quantitative estimate of drug-likeness (QED) is 0.494. The highest BCUT2D eigenvalue weighted by molar-refractivity contribution is 3.94. The Balaban J connectivity index is 0. The zero-order chi connectivity index (χ0) is 6.12. The van der Waals surface area contributed by atoms with E-state index in [4.69, 9.17) is 0 Å². The van der Waals surface area contributed by atoms with Crippen LogP contribution in [0.25, 0.3) is 0 Å². The number of ether oxygens (including phenoxy) is 2. The summed E-state index contributed by atoms with van der Waals surface area (Å²) in [6.07, 6.45) is 0. The maximum atomic E-state index is 4.54. The monoisotopic (exact) mass is 106 g/mol. The van der Waals surface area contributed by atoms with Gasteiger partial charge >= 0.3 is 0 Å². The van der Waals surface area contributed by atoms with Gasteiger partial charge in [-0.2, -0.15) is 0 Å². The van der Waals surface area contributed by atoms with E-state index in [2.05, 4.69) is 9.47 Å². The lowest BCUT2D eigenvalue weighted by Gasteiger charge is -1.76. The molecule has 2 heteroatoms. The summed E-state index contributed by atoms with van der Waals surface area (Å²) in [5.41, 5.74) is 0. The lowest BCUT2D eigenvalue weighted by atomic mass is 10.9. The van der Waals surface area contributed by atoms with Gasteiger partial charge in [-0.15, -0.1) is 0 Å². The van der Waals surface area contributed by atoms with E-state index >= 15 is 0 Å². The fraction of sp³-hybridized carbons (Fsp3) is 1.00. The van der Waals surface area contributed by atoms with Crippen molar-refractivity contribution in [1.29, 1.82) is 0 Å². The van der Waals surface area contributed by atoms with Crippen LogP contribution in [0.4, 0.5) is 0 Å². The molecule has 0 saturated carbocycles. The standard InChI is InChI=1S/C3H8O.C2H6O/c1-3-4-2;1-3-2/h3H2,1-2H3;1-2H3. The highest BCUT2D eigenvalue weighted by atomic mass is 16.5. The zero-order valence-electron chi connectivity index (χ0n) is 5.52. The molecule has 0 saturated heterocycles. The summed E-state index contributed by atoms with van der Waals surface area (Å²) in [7, 11) is 4.93. The van der Waals surface area contributed by atoms with Crippen LogP contribution in [-0.4, -0.2) is 27.9 Å². The molecule has 0 unspecified atom stereocenters. The third kappa shape index (κ3) is 107. The lowest BCUT2D eigenvalue weighted by Crippen LogP contribution is -1.73. The molecule has 0 bridgehead atoms. The van der Waals surface area contributed by atoms with Gasteiger partial charge in [-0.1, -0.05) is 0 Å². The van der Waals surface area contributed by atoms with Crippen molar-refractivity contribution in [2.24, 2.45) is 0 Å². The predicted octanol–water partition coefficient (Wildman–Crippen LogP) is 0.915. The van der Waals surface area contributed by atoms with Crippen LogP contribution in [0.5, 0.6) is 0 Å². The number of rotatable bonds is 1. The fourth-order valence-electron chi connectivity index (χ4n) is 0. The molecule has 0 amide bonds. The normalized spacial score (nSPS) is 6.86. The second-order valence-electron chi connectivity index (χ2n) is 0.986. The van der Waals surface area contributed by atoms with E-state index in [1.807, 2.05) is 6.92 Å². The molecule has 0 aliphatic carbocycles. The van der Waals surface area contributed by atoms with Crippen LogP contribution in [0.1, 0.15) is 6.92 Å². The smallest absolute Gasteiger partial charge is 0.0433 e. The molecule has 0 spiro atoms. The summed E-state index contributed by atoms with van der Waals surface area (Å²) in [6.45, 7) is 2.78. The van der Waals surface area contributed by atoms with E-state index in [1.54, 1.807) is 21.3 Å². The van der Waals surface area contributed by atoms with Crippen LogP contribution in [0.15, 0.2) is 0 Å². The van der Waals surface area contributed by atoms with Crippen molar-refractivity contribution >= 4 is 0 Å². The van der Waals surface area contributed by atoms with Crippen molar-refractivity contribution in [3.63, 3.8) is 0 Å². The molecule has 7 heavy (non-hydrogen) atoms. The van der Waals surface area contributed by atoms with Gasteiger partial charge in [0.05, 0.1) is 0 Å². The van der Waals surface area contributed by atoms with Gasteiger partial charge in [-0.25, -0.2) is 0 Å². The molecule has 0 aromatic heterocycles. The van der Waals surface area contributed by atoms with Gasteiger partial charge in [0.1, 0.15) is 0 Å². The second-order valence-corrected chi connectivity index (χ2v) is 0.986. The van der Waals surface area contributed by atoms with E-state index in [9.17, 15) is 0 Å². The topological polar surface area (TPSA) is 18.5 Å². The SMILES string of the molecule is CCOC.COC. The highest BCUT2D eigenvalue weighted by Crippen LogP contribution is 1.52. The molecule has 0 heterocycles. The maximum Gasteiger partial charge on any atom is 0.0433 e. The second kappa shape index (κ2) is 16.8. The van der Waals surface area contributed by atoms with Crippen LogP contribution in [0.3, 0.4) is 0 Å². The Kier molecular flexibility index (Phi) is 24.1. The van der Waals surface area contributed by atoms with Gasteiger partial charge in [0, 0.05) is 27.9 Å². The van der Waals surface area contributed by atoms with Crippen molar-refractivity contribution < 1.29 is 9.47 Å². The summed E-state index contributed by atoms with van der Waals surface area (Å²) in [4.78, 5) is 0. The van der Waals surface area contributed by atoms with E-state index in [0.29, 0.717) is 0 Å². The molecular weight excluding hydrogens is 92.1 g/mol. The van der Waals surface area contributed by atoms with E-state index < -0.39 is 0 Å². The van der Waals surface area contributed by atoms with Gasteiger partial charge in [0.15, 0.2) is 0 Å². The first kappa shape index (κ1) is 10.0. The predicted molar refractivity (Wildman–Crippen MR) is 30.5 cm³/mol. The Labute approximate surface area is 45.4 Å². The number of hydrogen-bond donors (Lipinski definition) is 0. The molecule has 0 radical (unpaired) electrons. The van der Waals surface area contributed by atoms with Crippen molar-refractivity contribution in [3.05, 3.63) is 0 Å². The molecule has 0 N–H and O–H groups in total. The highest BCUT2D eigenvalue weighted by Gasteiger charge is 1.51. The third-order valence-electron chi connectivity index (χ3n) is 0.289. The van der Waals surface area contributed by atoms with Crippen molar-refractivity contribution in [2.75, 3.05) is 27.9 Å². The van der Waals surface area contributed by atoms with Gasteiger partial charge in [0.25, 0.3) is 0 Å². The minimum Gasteiger partial charge on any atom is -0.388 e. The van der Waals surface area contributed by atoms with Crippen LogP contribution in [0, 0.1) is 0 Å². The molecule has 0 atom stereocenters. The summed E-state index contributed by atoms with van der Waals surface area (Å²) in [5.74, 6) is 0. The lowest BCUT2D eigenvalue weighted by molar-refractivity contribution is 0.215. The fourth-order valence-corrected chi connectivity index (χ4v) is 0. The Morgan fingerprint density at radius 2 is 1.29 bits per heavy atom. The third-order valence-corrected chi connectivity index (χ3v) is 0.289. The first-order valence-electron chi connectivity index (χ1n) is 2.22. The molecule has 0 aliphatic rings. The van der Waals surface area contributed by atoms with Gasteiger partial charge in [0.2, 0.25) is 0 Å². The molecule has 0 aliphatic heterocycles. The van der Waals surface area contributed by atoms with Gasteiger partial charge < -0.3 is 9.47 Å². The van der Waals surface area contributed by atoms with Gasteiger partial charge in [-0.05, 0) is 6.92 Å². The Bertz CT molecular complexity index is 13.6. The summed E-state index contributed by atoms with van der Waals surface area (Å²) in [5, 5.41) is 0. The average Bonchev–Trinajstić information content (AvgIpc) is 1.69. The van der Waals surface area contributed by atoms with E-state index in [-0.39, 0.29) is 0 Å². The van der Waals surface area contributed by atoms with Crippen molar-refractivity contribution in [1.82, 2.24) is 0 Å². The molecule has 2 nitrogen and oxygen atoms in total. The first-order valence-corrected chi connectivity index (χ1v) is 2.22. The molecule has 0 aromatic rings. The minimum atomic E-state index is 0.819. The maximum absolute atomic E-state index is 4.54. The van der Waals surface area contributed by atoms with Crippen molar-refractivity contribution in [2.45, 2.75) is 6.92 Å². The summed E-state index contributed by atoms with van der Waals surface area (Å²) in [6, 6.07) is 0.